The molecular formula is C18H19N3O2S2. The number of carbonyl (C=O) groups excluding carboxylic acids is 1. The van der Waals surface area contributed by atoms with Gasteiger partial charge >= 0.3 is 0 Å². The van der Waals surface area contributed by atoms with E-state index in [1.807, 2.05) is 50.4 Å². The summed E-state index contributed by atoms with van der Waals surface area (Å²) in [6.45, 7) is 5.79. The predicted octanol–water partition coefficient (Wildman–Crippen LogP) is 4.60. The quantitative estimate of drug-likeness (QED) is 0.684. The minimum Gasteiger partial charge on any atom is -0.361 e. The molecule has 1 amide bonds. The molecule has 3 aromatic rings. The third kappa shape index (κ3) is 4.49. The van der Waals surface area contributed by atoms with Crippen LogP contribution in [0.4, 0.5) is 5.69 Å². The molecule has 3 rings (SSSR count). The van der Waals surface area contributed by atoms with Crippen LogP contribution in [0.15, 0.2) is 34.2 Å². The summed E-state index contributed by atoms with van der Waals surface area (Å²) in [7, 11) is 0. The van der Waals surface area contributed by atoms with Crippen molar-refractivity contribution in [2.24, 2.45) is 0 Å². The lowest BCUT2D eigenvalue weighted by Crippen LogP contribution is -2.14. The highest BCUT2D eigenvalue weighted by Crippen LogP contribution is 2.23. The average Bonchev–Trinajstić information content (AvgIpc) is 3.16. The molecule has 5 nitrogen and oxygen atoms in total. The summed E-state index contributed by atoms with van der Waals surface area (Å²) in [5, 5.41) is 9.92. The maximum absolute atomic E-state index is 12.1. The summed E-state index contributed by atoms with van der Waals surface area (Å²) in [6.07, 6.45) is 0. The van der Waals surface area contributed by atoms with Crippen molar-refractivity contribution in [1.29, 1.82) is 0 Å². The summed E-state index contributed by atoms with van der Waals surface area (Å²) >= 11 is 3.18. The molecule has 2 heterocycles. The first kappa shape index (κ1) is 17.7. The first-order chi connectivity index (χ1) is 12.0. The first-order valence-corrected chi connectivity index (χ1v) is 9.88. The van der Waals surface area contributed by atoms with Gasteiger partial charge in [0.2, 0.25) is 5.91 Å². The maximum atomic E-state index is 12.1. The molecule has 0 fully saturated rings. The van der Waals surface area contributed by atoms with Crippen molar-refractivity contribution < 1.29 is 9.32 Å². The second-order valence-corrected chi connectivity index (χ2v) is 7.72. The van der Waals surface area contributed by atoms with E-state index in [4.69, 9.17) is 4.52 Å². The molecule has 0 radical (unpaired) electrons. The maximum Gasteiger partial charge on any atom is 0.234 e. The number of thioether (sulfide) groups is 1. The second-order valence-electron chi connectivity index (χ2n) is 5.67. The lowest BCUT2D eigenvalue weighted by atomic mass is 10.1. The van der Waals surface area contributed by atoms with Crippen molar-refractivity contribution in [2.75, 3.05) is 11.1 Å². The van der Waals surface area contributed by atoms with Gasteiger partial charge in [-0.1, -0.05) is 17.3 Å². The Balaban J connectivity index is 1.51. The van der Waals surface area contributed by atoms with Crippen molar-refractivity contribution in [3.63, 3.8) is 0 Å². The van der Waals surface area contributed by atoms with Crippen LogP contribution in [0, 0.1) is 20.8 Å². The van der Waals surface area contributed by atoms with Crippen molar-refractivity contribution in [1.82, 2.24) is 10.1 Å². The van der Waals surface area contributed by atoms with Gasteiger partial charge in [0, 0.05) is 27.9 Å². The first-order valence-electron chi connectivity index (χ1n) is 7.85. The number of aryl methyl sites for hydroxylation is 3. The Morgan fingerprint density at radius 1 is 1.24 bits per heavy atom. The zero-order valence-corrected chi connectivity index (χ0v) is 16.0. The molecule has 25 heavy (non-hydrogen) atoms. The number of nitrogens with zero attached hydrogens (tertiary/aromatic N) is 2. The Labute approximate surface area is 154 Å². The standard InChI is InChI=1S/C18H19N3O2S2/c1-11-16(12(2)23-21-11)8-24-10-18(22)20-15-6-4-14(5-7-15)17-9-25-13(3)19-17/h4-7,9H,8,10H2,1-3H3,(H,20,22). The number of hydrogen-bond donors (Lipinski definition) is 1. The normalized spacial score (nSPS) is 10.8. The Morgan fingerprint density at radius 3 is 2.60 bits per heavy atom. The molecule has 130 valence electrons. The van der Waals surface area contributed by atoms with Crippen LogP contribution in [0.5, 0.6) is 0 Å². The molecule has 2 aromatic heterocycles. The topological polar surface area (TPSA) is 68.0 Å². The van der Waals surface area contributed by atoms with E-state index >= 15 is 0 Å². The molecule has 1 aromatic carbocycles. The number of carbonyl (C=O) groups is 1. The number of nitrogens with one attached hydrogen (secondary N) is 1. The van der Waals surface area contributed by atoms with E-state index in [1.165, 1.54) is 0 Å². The third-order valence-electron chi connectivity index (χ3n) is 3.74. The van der Waals surface area contributed by atoms with Gasteiger partial charge in [0.05, 0.1) is 22.1 Å². The van der Waals surface area contributed by atoms with Crippen molar-refractivity contribution in [3.8, 4) is 11.3 Å². The number of anilines is 1. The fourth-order valence-corrected chi connectivity index (χ4v) is 3.97. The van der Waals surface area contributed by atoms with Gasteiger partial charge in [-0.25, -0.2) is 4.98 Å². The molecule has 0 aliphatic carbocycles. The molecule has 0 atom stereocenters. The minimum atomic E-state index is -0.0194. The molecule has 7 heteroatoms. The molecule has 1 N–H and O–H groups in total. The Kier molecular flexibility index (Phi) is 5.55. The van der Waals surface area contributed by atoms with Crippen LogP contribution in [0.25, 0.3) is 11.3 Å². The van der Waals surface area contributed by atoms with E-state index in [2.05, 4.69) is 15.5 Å². The molecule has 0 spiro atoms. The van der Waals surface area contributed by atoms with Gasteiger partial charge in [0.1, 0.15) is 5.76 Å². The number of aromatic nitrogens is 2. The molecule has 0 saturated heterocycles. The fraction of sp³-hybridized carbons (Fsp3) is 0.278. The summed E-state index contributed by atoms with van der Waals surface area (Å²) < 4.78 is 5.13. The van der Waals surface area contributed by atoms with Crippen LogP contribution in [0.1, 0.15) is 22.0 Å². The number of benzene rings is 1. The van der Waals surface area contributed by atoms with Crippen LogP contribution >= 0.6 is 23.1 Å². The monoisotopic (exact) mass is 373 g/mol. The van der Waals surface area contributed by atoms with Crippen LogP contribution in [-0.4, -0.2) is 21.8 Å². The SMILES string of the molecule is Cc1nc(-c2ccc(NC(=O)CSCc3c(C)noc3C)cc2)cs1. The van der Waals surface area contributed by atoms with Gasteiger partial charge in [-0.3, -0.25) is 4.79 Å². The zero-order valence-electron chi connectivity index (χ0n) is 14.3. The summed E-state index contributed by atoms with van der Waals surface area (Å²) in [5.41, 5.74) is 4.77. The molecule has 0 aliphatic rings. The Bertz CT molecular complexity index is 849. The molecule has 0 bridgehead atoms. The van der Waals surface area contributed by atoms with Gasteiger partial charge < -0.3 is 9.84 Å². The Morgan fingerprint density at radius 2 is 2.00 bits per heavy atom. The lowest BCUT2D eigenvalue weighted by Gasteiger charge is -2.06. The van der Waals surface area contributed by atoms with Crippen molar-refractivity contribution in [2.45, 2.75) is 26.5 Å². The van der Waals surface area contributed by atoms with E-state index in [0.717, 1.165) is 44.7 Å². The average molecular weight is 374 g/mol. The van der Waals surface area contributed by atoms with Crippen molar-refractivity contribution >= 4 is 34.7 Å². The van der Waals surface area contributed by atoms with Gasteiger partial charge in [0.15, 0.2) is 0 Å². The fourth-order valence-electron chi connectivity index (χ4n) is 2.37. The molecule has 0 saturated carbocycles. The van der Waals surface area contributed by atoms with Gasteiger partial charge in [-0.15, -0.1) is 23.1 Å². The van der Waals surface area contributed by atoms with Crippen LogP contribution in [-0.2, 0) is 10.5 Å². The number of rotatable bonds is 6. The highest BCUT2D eigenvalue weighted by molar-refractivity contribution is 7.99. The zero-order chi connectivity index (χ0) is 17.8. The largest absolute Gasteiger partial charge is 0.361 e. The van der Waals surface area contributed by atoms with E-state index < -0.39 is 0 Å². The van der Waals surface area contributed by atoms with E-state index in [9.17, 15) is 4.79 Å². The Hall–Kier alpha value is -2.12. The van der Waals surface area contributed by atoms with Gasteiger partial charge in [-0.05, 0) is 32.9 Å². The van der Waals surface area contributed by atoms with Gasteiger partial charge in [0.25, 0.3) is 0 Å². The predicted molar refractivity (Wildman–Crippen MR) is 103 cm³/mol. The van der Waals surface area contributed by atoms with E-state index in [-0.39, 0.29) is 5.91 Å². The summed E-state index contributed by atoms with van der Waals surface area (Å²) in [5.74, 6) is 1.90. The molecule has 0 unspecified atom stereocenters. The number of thiazole rings is 1. The second kappa shape index (κ2) is 7.84. The highest BCUT2D eigenvalue weighted by atomic mass is 32.2. The number of amides is 1. The highest BCUT2D eigenvalue weighted by Gasteiger charge is 2.10. The van der Waals surface area contributed by atoms with Crippen LogP contribution in [0.3, 0.4) is 0 Å². The van der Waals surface area contributed by atoms with E-state index in [0.29, 0.717) is 5.75 Å². The van der Waals surface area contributed by atoms with Crippen LogP contribution in [0.2, 0.25) is 0 Å². The summed E-state index contributed by atoms with van der Waals surface area (Å²) in [6, 6.07) is 7.75. The van der Waals surface area contributed by atoms with Crippen LogP contribution < -0.4 is 5.32 Å². The van der Waals surface area contributed by atoms with E-state index in [1.54, 1.807) is 23.1 Å². The lowest BCUT2D eigenvalue weighted by molar-refractivity contribution is -0.113. The van der Waals surface area contributed by atoms with Gasteiger partial charge in [-0.2, -0.15) is 0 Å². The smallest absolute Gasteiger partial charge is 0.234 e. The molecule has 0 aliphatic heterocycles. The third-order valence-corrected chi connectivity index (χ3v) is 5.48. The molecular weight excluding hydrogens is 354 g/mol. The van der Waals surface area contributed by atoms with Crippen molar-refractivity contribution in [3.05, 3.63) is 51.7 Å². The summed E-state index contributed by atoms with van der Waals surface area (Å²) in [4.78, 5) is 16.6. The minimum absolute atomic E-state index is 0.0194. The number of hydrogen-bond acceptors (Lipinski definition) is 6.